The second kappa shape index (κ2) is 5.20. The van der Waals surface area contributed by atoms with E-state index in [1.165, 1.54) is 0 Å². The van der Waals surface area contributed by atoms with Crippen molar-refractivity contribution in [1.29, 1.82) is 0 Å². The average molecular weight is 324 g/mol. The fourth-order valence-corrected chi connectivity index (χ4v) is 4.23. The van der Waals surface area contributed by atoms with Crippen LogP contribution in [0.4, 0.5) is 5.69 Å². The minimum absolute atomic E-state index is 0.154. The van der Waals surface area contributed by atoms with Gasteiger partial charge in [-0.25, -0.2) is 13.4 Å². The third kappa shape index (κ3) is 2.63. The Morgan fingerprint density at radius 3 is 2.59 bits per heavy atom. The number of anilines is 1. The van der Waals surface area contributed by atoms with Gasteiger partial charge in [0.25, 0.3) is 0 Å². The number of pyridine rings is 1. The number of nitrogens with zero attached hydrogens (tertiary/aromatic N) is 2. The zero-order chi connectivity index (χ0) is 16.0. The third-order valence-corrected chi connectivity index (χ3v) is 7.20. The van der Waals surface area contributed by atoms with Crippen LogP contribution in [-0.2, 0) is 14.6 Å². The zero-order valence-corrected chi connectivity index (χ0v) is 14.3. The molecule has 2 saturated heterocycles. The lowest BCUT2D eigenvalue weighted by atomic mass is 9.87. The summed E-state index contributed by atoms with van der Waals surface area (Å²) < 4.78 is 29.5. The van der Waals surface area contributed by atoms with E-state index >= 15 is 0 Å². The van der Waals surface area contributed by atoms with Crippen LogP contribution in [0.15, 0.2) is 23.4 Å². The van der Waals surface area contributed by atoms with Gasteiger partial charge in [0.2, 0.25) is 0 Å². The second-order valence-corrected chi connectivity index (χ2v) is 10.1. The molecule has 6 heteroatoms. The van der Waals surface area contributed by atoms with Crippen LogP contribution in [0.2, 0.25) is 0 Å². The first-order valence-electron chi connectivity index (χ1n) is 7.77. The van der Waals surface area contributed by atoms with Crippen molar-refractivity contribution in [2.45, 2.75) is 43.4 Å². The topological polar surface area (TPSA) is 59.5 Å². The van der Waals surface area contributed by atoms with Gasteiger partial charge < -0.3 is 9.64 Å². The van der Waals surface area contributed by atoms with Crippen LogP contribution in [-0.4, -0.2) is 44.5 Å². The minimum Gasteiger partial charge on any atom is -0.381 e. The fourth-order valence-electron chi connectivity index (χ4n) is 3.16. The van der Waals surface area contributed by atoms with Crippen molar-refractivity contribution in [3.8, 4) is 0 Å². The highest BCUT2D eigenvalue weighted by Crippen LogP contribution is 2.40. The Morgan fingerprint density at radius 1 is 1.27 bits per heavy atom. The number of rotatable bonds is 2. The van der Waals surface area contributed by atoms with Crippen LogP contribution in [0.1, 0.15) is 33.6 Å². The number of hydrogen-bond donors (Lipinski definition) is 0. The lowest BCUT2D eigenvalue weighted by molar-refractivity contribution is 0.160. The Balaban J connectivity index is 1.78. The van der Waals surface area contributed by atoms with E-state index in [2.05, 4.69) is 9.88 Å². The quantitative estimate of drug-likeness (QED) is 0.835. The fraction of sp³-hybridized carbons (Fsp3) is 0.688. The predicted octanol–water partition coefficient (Wildman–Crippen LogP) is 2.27. The zero-order valence-electron chi connectivity index (χ0n) is 13.5. The molecule has 1 atom stereocenters. The first kappa shape index (κ1) is 15.7. The molecular weight excluding hydrogens is 300 g/mol. The normalized spacial score (nSPS) is 26.0. The second-order valence-electron chi connectivity index (χ2n) is 7.44. The third-order valence-electron chi connectivity index (χ3n) is 4.79. The molecule has 22 heavy (non-hydrogen) atoms. The van der Waals surface area contributed by atoms with Gasteiger partial charge in [-0.15, -0.1) is 0 Å². The lowest BCUT2D eigenvalue weighted by Crippen LogP contribution is -2.29. The monoisotopic (exact) mass is 324 g/mol. The van der Waals surface area contributed by atoms with Gasteiger partial charge in [-0.2, -0.15) is 0 Å². The van der Waals surface area contributed by atoms with Crippen molar-refractivity contribution >= 4 is 15.5 Å². The van der Waals surface area contributed by atoms with E-state index in [9.17, 15) is 8.42 Å². The first-order valence-corrected chi connectivity index (χ1v) is 9.25. The highest BCUT2D eigenvalue weighted by molar-refractivity contribution is 7.92. The molecule has 1 aromatic heterocycles. The molecule has 0 bridgehead atoms. The lowest BCUT2D eigenvalue weighted by Gasteiger charge is -2.23. The van der Waals surface area contributed by atoms with E-state index in [-0.39, 0.29) is 10.4 Å². The number of sulfone groups is 1. The summed E-state index contributed by atoms with van der Waals surface area (Å²) in [6.45, 7) is 8.74. The van der Waals surface area contributed by atoms with Gasteiger partial charge in [-0.3, -0.25) is 0 Å². The molecule has 2 aliphatic heterocycles. The van der Waals surface area contributed by atoms with Gasteiger partial charge in [-0.1, -0.05) is 0 Å². The van der Waals surface area contributed by atoms with Crippen molar-refractivity contribution in [2.75, 3.05) is 31.2 Å². The van der Waals surface area contributed by atoms with E-state index in [0.29, 0.717) is 0 Å². The molecule has 2 aliphatic rings. The molecule has 3 heterocycles. The average Bonchev–Trinajstić information content (AvgIpc) is 3.09. The smallest absolute Gasteiger partial charge is 0.200 e. The van der Waals surface area contributed by atoms with Crippen molar-refractivity contribution in [2.24, 2.45) is 5.41 Å². The molecule has 2 fully saturated rings. The number of aromatic nitrogens is 1. The van der Waals surface area contributed by atoms with Crippen molar-refractivity contribution in [3.05, 3.63) is 18.3 Å². The summed E-state index contributed by atoms with van der Waals surface area (Å²) in [6, 6.07) is 3.51. The van der Waals surface area contributed by atoms with Gasteiger partial charge in [0, 0.05) is 25.1 Å². The van der Waals surface area contributed by atoms with Gasteiger partial charge in [0.1, 0.15) is 0 Å². The maximum absolute atomic E-state index is 12.4. The van der Waals surface area contributed by atoms with Gasteiger partial charge >= 0.3 is 0 Å². The van der Waals surface area contributed by atoms with Crippen LogP contribution < -0.4 is 4.90 Å². The van der Waals surface area contributed by atoms with E-state index in [0.717, 1.165) is 44.8 Å². The Hall–Kier alpha value is -1.14. The molecule has 0 aliphatic carbocycles. The molecule has 0 saturated carbocycles. The Bertz CT molecular complexity index is 641. The molecule has 0 aromatic carbocycles. The Labute approximate surface area is 132 Å². The number of ether oxygens (including phenoxy) is 1. The summed E-state index contributed by atoms with van der Waals surface area (Å²) in [5.41, 5.74) is 1.28. The Morgan fingerprint density at radius 2 is 2.05 bits per heavy atom. The SMILES string of the molecule is CC(C)(C)S(=O)(=O)c1ccc(N2CCC3(CCOC3)C2)cn1. The highest BCUT2D eigenvalue weighted by Gasteiger charge is 2.41. The largest absolute Gasteiger partial charge is 0.381 e. The van der Waals surface area contributed by atoms with Gasteiger partial charge in [0.15, 0.2) is 14.9 Å². The van der Waals surface area contributed by atoms with Crippen LogP contribution in [0.25, 0.3) is 0 Å². The standard InChI is InChI=1S/C16H24N2O3S/c1-15(2,3)22(19,20)14-5-4-13(10-17-14)18-8-6-16(11-18)7-9-21-12-16/h4-5,10H,6-9,11-12H2,1-3H3. The number of hydrogen-bond acceptors (Lipinski definition) is 5. The summed E-state index contributed by atoms with van der Waals surface area (Å²) in [6.07, 6.45) is 3.94. The van der Waals surface area contributed by atoms with E-state index in [4.69, 9.17) is 4.74 Å². The maximum Gasteiger partial charge on any atom is 0.200 e. The molecule has 0 radical (unpaired) electrons. The first-order chi connectivity index (χ1) is 10.2. The predicted molar refractivity (Wildman–Crippen MR) is 85.9 cm³/mol. The van der Waals surface area contributed by atoms with Crippen molar-refractivity contribution in [1.82, 2.24) is 4.98 Å². The molecule has 122 valence electrons. The van der Waals surface area contributed by atoms with E-state index < -0.39 is 14.6 Å². The molecule has 1 spiro atoms. The summed E-state index contributed by atoms with van der Waals surface area (Å²) in [5, 5.41) is 0.154. The van der Waals surface area contributed by atoms with Gasteiger partial charge in [-0.05, 0) is 45.7 Å². The summed E-state index contributed by atoms with van der Waals surface area (Å²) in [4.78, 5) is 6.50. The van der Waals surface area contributed by atoms with E-state index in [1.807, 2.05) is 6.07 Å². The molecule has 0 N–H and O–H groups in total. The summed E-state index contributed by atoms with van der Waals surface area (Å²) >= 11 is 0. The molecule has 1 aromatic rings. The molecule has 0 amide bonds. The Kier molecular flexibility index (Phi) is 3.72. The molecular formula is C16H24N2O3S. The van der Waals surface area contributed by atoms with Crippen LogP contribution >= 0.6 is 0 Å². The van der Waals surface area contributed by atoms with E-state index in [1.54, 1.807) is 33.0 Å². The molecule has 1 unspecified atom stereocenters. The molecule has 5 nitrogen and oxygen atoms in total. The van der Waals surface area contributed by atoms with Crippen molar-refractivity contribution < 1.29 is 13.2 Å². The van der Waals surface area contributed by atoms with Crippen LogP contribution in [0.5, 0.6) is 0 Å². The summed E-state index contributed by atoms with van der Waals surface area (Å²) in [5.74, 6) is 0. The van der Waals surface area contributed by atoms with Crippen molar-refractivity contribution in [3.63, 3.8) is 0 Å². The van der Waals surface area contributed by atoms with Gasteiger partial charge in [0.05, 0.1) is 23.2 Å². The highest BCUT2D eigenvalue weighted by atomic mass is 32.2. The minimum atomic E-state index is -3.39. The maximum atomic E-state index is 12.4. The van der Waals surface area contributed by atoms with Crippen LogP contribution in [0, 0.1) is 5.41 Å². The van der Waals surface area contributed by atoms with Crippen LogP contribution in [0.3, 0.4) is 0 Å². The molecule has 3 rings (SSSR count). The summed E-state index contributed by atoms with van der Waals surface area (Å²) in [7, 11) is -3.39.